The summed E-state index contributed by atoms with van der Waals surface area (Å²) in [6, 6.07) is 8.86. The standard InChI is InChI=1S/C21H28N6O5S3/c1-34(29,30)25-16-5-3-4-15(12-16)20-23-18-13-17(33-19(18)21(24-20)22-6-11-28)14-26-7-9-27(10-8-26)35(2,31)32/h3-5,12-13,25,28H,6-11,14H2,1-2H3,(H,22,23,24). The number of aromatic nitrogens is 2. The molecule has 1 fully saturated rings. The van der Waals surface area contributed by atoms with Crippen molar-refractivity contribution >= 4 is 53.1 Å². The smallest absolute Gasteiger partial charge is 0.229 e. The molecule has 0 saturated carbocycles. The molecular weight excluding hydrogens is 512 g/mol. The maximum atomic E-state index is 11.8. The molecule has 1 aliphatic heterocycles. The molecule has 3 heterocycles. The van der Waals surface area contributed by atoms with E-state index >= 15 is 0 Å². The zero-order chi connectivity index (χ0) is 25.2. The molecule has 0 spiro atoms. The highest BCUT2D eigenvalue weighted by molar-refractivity contribution is 7.92. The van der Waals surface area contributed by atoms with Crippen LogP contribution in [0.4, 0.5) is 11.5 Å². The lowest BCUT2D eigenvalue weighted by molar-refractivity contribution is 0.183. The number of sulfonamides is 2. The van der Waals surface area contributed by atoms with Gasteiger partial charge in [0.25, 0.3) is 0 Å². The van der Waals surface area contributed by atoms with Gasteiger partial charge in [-0.1, -0.05) is 12.1 Å². The summed E-state index contributed by atoms with van der Waals surface area (Å²) in [4.78, 5) is 12.7. The molecule has 11 nitrogen and oxygen atoms in total. The van der Waals surface area contributed by atoms with Crippen molar-refractivity contribution in [1.29, 1.82) is 0 Å². The number of nitrogens with zero attached hydrogens (tertiary/aromatic N) is 4. The molecule has 0 amide bonds. The predicted molar refractivity (Wildman–Crippen MR) is 139 cm³/mol. The Bertz CT molecular complexity index is 1420. The van der Waals surface area contributed by atoms with Gasteiger partial charge in [0.2, 0.25) is 20.0 Å². The number of aliphatic hydroxyl groups is 1. The van der Waals surface area contributed by atoms with E-state index in [1.165, 1.54) is 10.6 Å². The van der Waals surface area contributed by atoms with E-state index in [0.717, 1.165) is 21.3 Å². The highest BCUT2D eigenvalue weighted by Gasteiger charge is 2.24. The van der Waals surface area contributed by atoms with Crippen molar-refractivity contribution in [2.24, 2.45) is 0 Å². The van der Waals surface area contributed by atoms with Crippen molar-refractivity contribution in [2.45, 2.75) is 6.54 Å². The van der Waals surface area contributed by atoms with Gasteiger partial charge in [0.1, 0.15) is 5.82 Å². The molecule has 0 unspecified atom stereocenters. The Labute approximate surface area is 208 Å². The number of anilines is 2. The summed E-state index contributed by atoms with van der Waals surface area (Å²) in [6.45, 7) is 3.16. The van der Waals surface area contributed by atoms with Gasteiger partial charge in [-0.3, -0.25) is 9.62 Å². The van der Waals surface area contributed by atoms with Crippen molar-refractivity contribution in [1.82, 2.24) is 19.2 Å². The molecule has 4 rings (SSSR count). The number of piperazine rings is 1. The normalized spacial score (nSPS) is 16.0. The Hall–Kier alpha value is -2.36. The van der Waals surface area contributed by atoms with Crippen LogP contribution in [-0.4, -0.2) is 93.0 Å². The van der Waals surface area contributed by atoms with Gasteiger partial charge < -0.3 is 10.4 Å². The fourth-order valence-electron chi connectivity index (χ4n) is 3.86. The van der Waals surface area contributed by atoms with Crippen LogP contribution >= 0.6 is 11.3 Å². The second-order valence-electron chi connectivity index (χ2n) is 8.37. The van der Waals surface area contributed by atoms with Crippen LogP contribution in [0.5, 0.6) is 0 Å². The van der Waals surface area contributed by atoms with Gasteiger partial charge in [-0.05, 0) is 18.2 Å². The van der Waals surface area contributed by atoms with E-state index in [2.05, 4.69) is 19.9 Å². The molecule has 0 radical (unpaired) electrons. The highest BCUT2D eigenvalue weighted by Crippen LogP contribution is 2.33. The molecule has 0 aliphatic carbocycles. The second kappa shape index (κ2) is 10.3. The minimum atomic E-state index is -3.42. The van der Waals surface area contributed by atoms with Gasteiger partial charge in [-0.2, -0.15) is 4.31 Å². The van der Waals surface area contributed by atoms with Crippen LogP contribution in [0.3, 0.4) is 0 Å². The van der Waals surface area contributed by atoms with E-state index in [-0.39, 0.29) is 6.61 Å². The molecule has 190 valence electrons. The zero-order valence-electron chi connectivity index (χ0n) is 19.4. The summed E-state index contributed by atoms with van der Waals surface area (Å²) in [5, 5.41) is 12.5. The van der Waals surface area contributed by atoms with E-state index < -0.39 is 20.0 Å². The Balaban J connectivity index is 1.61. The summed E-state index contributed by atoms with van der Waals surface area (Å²) in [7, 11) is -6.60. The van der Waals surface area contributed by atoms with Crippen LogP contribution in [0.25, 0.3) is 21.6 Å². The maximum Gasteiger partial charge on any atom is 0.229 e. The molecule has 0 bridgehead atoms. The van der Waals surface area contributed by atoms with Crippen molar-refractivity contribution in [3.63, 3.8) is 0 Å². The summed E-state index contributed by atoms with van der Waals surface area (Å²) in [5.74, 6) is 1.03. The van der Waals surface area contributed by atoms with E-state index in [0.29, 0.717) is 62.2 Å². The van der Waals surface area contributed by atoms with E-state index in [1.807, 2.05) is 6.07 Å². The third-order valence-corrected chi connectivity index (χ3v) is 8.46. The van der Waals surface area contributed by atoms with Crippen molar-refractivity contribution < 1.29 is 21.9 Å². The molecule has 3 aromatic rings. The first-order chi connectivity index (χ1) is 16.5. The van der Waals surface area contributed by atoms with Crippen LogP contribution in [0.15, 0.2) is 30.3 Å². The van der Waals surface area contributed by atoms with Crippen LogP contribution in [0.1, 0.15) is 4.88 Å². The quantitative estimate of drug-likeness (QED) is 0.365. The van der Waals surface area contributed by atoms with Crippen LogP contribution in [0.2, 0.25) is 0 Å². The molecule has 1 aromatic carbocycles. The fraction of sp³-hybridized carbons (Fsp3) is 0.429. The molecule has 14 heteroatoms. The number of nitrogens with one attached hydrogen (secondary N) is 2. The molecule has 35 heavy (non-hydrogen) atoms. The van der Waals surface area contributed by atoms with E-state index in [4.69, 9.17) is 4.98 Å². The lowest BCUT2D eigenvalue weighted by Crippen LogP contribution is -2.47. The Morgan fingerprint density at radius 2 is 1.80 bits per heavy atom. The van der Waals surface area contributed by atoms with Gasteiger partial charge in [-0.15, -0.1) is 11.3 Å². The number of hydrogen-bond acceptors (Lipinski definition) is 10. The van der Waals surface area contributed by atoms with Gasteiger partial charge >= 0.3 is 0 Å². The molecular formula is C21H28N6O5S3. The lowest BCUT2D eigenvalue weighted by atomic mass is 10.2. The van der Waals surface area contributed by atoms with E-state index in [9.17, 15) is 21.9 Å². The third-order valence-electron chi connectivity index (χ3n) is 5.43. The topological polar surface area (TPSA) is 145 Å². The SMILES string of the molecule is CS(=O)(=O)Nc1cccc(-c2nc(NCCO)c3sc(CN4CCN(S(C)(=O)=O)CC4)cc3n2)c1. The fourth-order valence-corrected chi connectivity index (χ4v) is 6.34. The third kappa shape index (κ3) is 6.65. The molecule has 2 aromatic heterocycles. The summed E-state index contributed by atoms with van der Waals surface area (Å²) >= 11 is 1.55. The lowest BCUT2D eigenvalue weighted by Gasteiger charge is -2.32. The van der Waals surface area contributed by atoms with Crippen molar-refractivity contribution in [3.05, 3.63) is 35.2 Å². The number of hydrogen-bond donors (Lipinski definition) is 3. The number of fused-ring (bicyclic) bond motifs is 1. The Morgan fingerprint density at radius 1 is 1.06 bits per heavy atom. The monoisotopic (exact) mass is 540 g/mol. The van der Waals surface area contributed by atoms with Crippen LogP contribution in [0, 0.1) is 0 Å². The van der Waals surface area contributed by atoms with Crippen LogP contribution < -0.4 is 10.0 Å². The number of thiophene rings is 1. The summed E-state index contributed by atoms with van der Waals surface area (Å²) < 4.78 is 51.6. The number of aliphatic hydroxyl groups excluding tert-OH is 1. The van der Waals surface area contributed by atoms with Gasteiger partial charge in [0.15, 0.2) is 5.82 Å². The van der Waals surface area contributed by atoms with Crippen molar-refractivity contribution in [2.75, 3.05) is 61.9 Å². The van der Waals surface area contributed by atoms with Gasteiger partial charge in [-0.25, -0.2) is 26.8 Å². The first-order valence-corrected chi connectivity index (χ1v) is 15.5. The molecule has 0 atom stereocenters. The average molecular weight is 541 g/mol. The zero-order valence-corrected chi connectivity index (χ0v) is 21.9. The van der Waals surface area contributed by atoms with Crippen molar-refractivity contribution in [3.8, 4) is 11.4 Å². The van der Waals surface area contributed by atoms with Gasteiger partial charge in [0.05, 0.1) is 29.3 Å². The minimum Gasteiger partial charge on any atom is -0.395 e. The molecule has 1 aliphatic rings. The number of benzene rings is 1. The number of rotatable bonds is 9. The Morgan fingerprint density at radius 3 is 2.46 bits per heavy atom. The predicted octanol–water partition coefficient (Wildman–Crippen LogP) is 1.21. The van der Waals surface area contributed by atoms with Gasteiger partial charge in [0, 0.05) is 55.4 Å². The first-order valence-electron chi connectivity index (χ1n) is 10.9. The van der Waals surface area contributed by atoms with E-state index in [1.54, 1.807) is 35.6 Å². The largest absolute Gasteiger partial charge is 0.395 e. The summed E-state index contributed by atoms with van der Waals surface area (Å²) in [6.07, 6.45) is 2.33. The Kier molecular flexibility index (Phi) is 7.59. The molecule has 3 N–H and O–H groups in total. The first kappa shape index (κ1) is 25.7. The average Bonchev–Trinajstić information content (AvgIpc) is 3.18. The maximum absolute atomic E-state index is 11.8. The van der Waals surface area contributed by atoms with Crippen LogP contribution in [-0.2, 0) is 26.6 Å². The minimum absolute atomic E-state index is 0.0581. The highest BCUT2D eigenvalue weighted by atomic mass is 32.2. The molecule has 1 saturated heterocycles. The summed E-state index contributed by atoms with van der Waals surface area (Å²) in [5.41, 5.74) is 1.81. The second-order valence-corrected chi connectivity index (χ2v) is 13.2.